The van der Waals surface area contributed by atoms with Crippen molar-refractivity contribution in [1.82, 2.24) is 4.90 Å². The zero-order chi connectivity index (χ0) is 33.4. The van der Waals surface area contributed by atoms with Crippen LogP contribution in [0.5, 0.6) is 5.75 Å². The SMILES string of the molecule is CS[C@H]1O[C@@H](c2cc(Cc3ccc(O[C@@H]4CCN([C@H]5CO[C@H](c6cc(F)ccc6F)[C@@H](N)C5)C4)cc3)c(Cl)cc2C)[C@H](O)[C@@H](O)[C@@H]1O. The lowest BCUT2D eigenvalue weighted by Crippen LogP contribution is -2.53. The fourth-order valence-electron chi connectivity index (χ4n) is 6.91. The zero-order valence-electron chi connectivity index (χ0n) is 26.3. The summed E-state index contributed by atoms with van der Waals surface area (Å²) >= 11 is 7.92. The molecule has 3 aromatic rings. The predicted molar refractivity (Wildman–Crippen MR) is 177 cm³/mol. The van der Waals surface area contributed by atoms with Gasteiger partial charge in [0.25, 0.3) is 0 Å². The average Bonchev–Trinajstić information content (AvgIpc) is 3.52. The summed E-state index contributed by atoms with van der Waals surface area (Å²) < 4.78 is 46.4. The van der Waals surface area contributed by atoms with Gasteiger partial charge >= 0.3 is 0 Å². The zero-order valence-corrected chi connectivity index (χ0v) is 27.8. The van der Waals surface area contributed by atoms with Crippen LogP contribution in [0.1, 0.15) is 52.9 Å². The molecule has 0 aliphatic carbocycles. The van der Waals surface area contributed by atoms with Crippen LogP contribution in [0, 0.1) is 18.6 Å². The highest BCUT2D eigenvalue weighted by Gasteiger charge is 2.44. The minimum absolute atomic E-state index is 0.00883. The smallest absolute Gasteiger partial charge is 0.132 e. The number of aryl methyl sites for hydroxylation is 1. The fourth-order valence-corrected chi connectivity index (χ4v) is 7.87. The summed E-state index contributed by atoms with van der Waals surface area (Å²) in [5, 5.41) is 32.0. The lowest BCUT2D eigenvalue weighted by Gasteiger charge is -2.40. The molecule has 0 spiro atoms. The lowest BCUT2D eigenvalue weighted by molar-refractivity contribution is -0.200. The average molecular weight is 691 g/mol. The third-order valence-corrected chi connectivity index (χ3v) is 10.7. The Bertz CT molecular complexity index is 1550. The quantitative estimate of drug-likeness (QED) is 0.268. The van der Waals surface area contributed by atoms with Crippen LogP contribution in [-0.2, 0) is 15.9 Å². The van der Waals surface area contributed by atoms with Crippen LogP contribution in [0.25, 0.3) is 0 Å². The van der Waals surface area contributed by atoms with Gasteiger partial charge in [-0.1, -0.05) is 29.8 Å². The van der Waals surface area contributed by atoms with E-state index < -0.39 is 53.6 Å². The number of hydrogen-bond acceptors (Lipinski definition) is 9. The van der Waals surface area contributed by atoms with Crippen molar-refractivity contribution in [2.45, 2.75) is 80.3 Å². The molecule has 3 aliphatic rings. The van der Waals surface area contributed by atoms with Crippen LogP contribution >= 0.6 is 23.4 Å². The summed E-state index contributed by atoms with van der Waals surface area (Å²) in [7, 11) is 0. The molecule has 47 heavy (non-hydrogen) atoms. The van der Waals surface area contributed by atoms with E-state index in [4.69, 9.17) is 31.5 Å². The highest BCUT2D eigenvalue weighted by molar-refractivity contribution is 7.99. The first-order chi connectivity index (χ1) is 22.5. The van der Waals surface area contributed by atoms with E-state index in [2.05, 4.69) is 4.90 Å². The maximum absolute atomic E-state index is 14.3. The summed E-state index contributed by atoms with van der Waals surface area (Å²) in [6, 6.07) is 14.6. The van der Waals surface area contributed by atoms with Gasteiger partial charge in [-0.05, 0) is 91.1 Å². The minimum Gasteiger partial charge on any atom is -0.489 e. The fraction of sp³-hybridized carbons (Fsp3) is 0.486. The summed E-state index contributed by atoms with van der Waals surface area (Å²) in [5.74, 6) is -0.277. The van der Waals surface area contributed by atoms with Gasteiger partial charge in [0.2, 0.25) is 0 Å². The van der Waals surface area contributed by atoms with E-state index in [1.807, 2.05) is 43.3 Å². The number of thioether (sulfide) groups is 1. The first-order valence-corrected chi connectivity index (χ1v) is 17.5. The van der Waals surface area contributed by atoms with Gasteiger partial charge in [-0.15, -0.1) is 11.8 Å². The molecule has 0 aromatic heterocycles. The minimum atomic E-state index is -1.33. The standard InChI is InChI=1S/C35H41ClF2N2O6S/c1-18-11-27(36)20(13-25(18)34-31(42)30(41)32(43)35(46-34)47-2)12-19-3-6-23(7-4-19)45-24-9-10-40(16-24)22-15-29(39)33(44-17-22)26-14-21(37)5-8-28(26)38/h3-8,11,13-14,22,24,29-35,41-43H,9-10,12,15-17,39H2,1-2H3/t22-,24-,29+,30-,31-,32+,33-,34+,35-/m1/s1. The topological polar surface area (TPSA) is 118 Å². The molecular weight excluding hydrogens is 650 g/mol. The second-order valence-electron chi connectivity index (χ2n) is 12.8. The third kappa shape index (κ3) is 7.49. The monoisotopic (exact) mass is 690 g/mol. The van der Waals surface area contributed by atoms with E-state index in [9.17, 15) is 24.1 Å². The largest absolute Gasteiger partial charge is 0.489 e. The van der Waals surface area contributed by atoms with Crippen molar-refractivity contribution in [3.63, 3.8) is 0 Å². The Balaban J connectivity index is 1.05. The molecule has 9 atom stereocenters. The molecule has 3 aliphatic heterocycles. The molecule has 5 N–H and O–H groups in total. The van der Waals surface area contributed by atoms with Gasteiger partial charge in [-0.25, -0.2) is 8.78 Å². The number of ether oxygens (including phenoxy) is 3. The number of aliphatic hydroxyl groups excluding tert-OH is 3. The number of hydrogen-bond donors (Lipinski definition) is 4. The van der Waals surface area contributed by atoms with Gasteiger partial charge in [0.1, 0.15) is 59.4 Å². The molecule has 8 nitrogen and oxygen atoms in total. The highest BCUT2D eigenvalue weighted by Crippen LogP contribution is 2.39. The molecule has 6 rings (SSSR count). The Morgan fingerprint density at radius 3 is 2.49 bits per heavy atom. The van der Waals surface area contributed by atoms with E-state index in [1.54, 1.807) is 6.26 Å². The van der Waals surface area contributed by atoms with Crippen LogP contribution in [0.15, 0.2) is 54.6 Å². The Labute approximate surface area is 282 Å². The maximum Gasteiger partial charge on any atom is 0.132 e. The third-order valence-electron chi connectivity index (χ3n) is 9.52. The Kier molecular flexibility index (Phi) is 10.8. The van der Waals surface area contributed by atoms with Crippen LogP contribution in [0.2, 0.25) is 5.02 Å². The van der Waals surface area contributed by atoms with Gasteiger partial charge < -0.3 is 35.3 Å². The molecule has 3 saturated heterocycles. The molecule has 3 heterocycles. The molecule has 0 bridgehead atoms. The normalized spacial score (nSPS) is 31.6. The van der Waals surface area contributed by atoms with E-state index in [-0.39, 0.29) is 17.7 Å². The van der Waals surface area contributed by atoms with Crippen molar-refractivity contribution in [2.75, 3.05) is 26.0 Å². The van der Waals surface area contributed by atoms with Crippen LogP contribution < -0.4 is 10.5 Å². The molecule has 3 aromatic carbocycles. The number of nitrogens with two attached hydrogens (primary N) is 1. The van der Waals surface area contributed by atoms with E-state index in [0.717, 1.165) is 53.6 Å². The first kappa shape index (κ1) is 34.5. The summed E-state index contributed by atoms with van der Waals surface area (Å²) in [4.78, 5) is 2.29. The number of rotatable bonds is 8. The molecule has 254 valence electrons. The summed E-state index contributed by atoms with van der Waals surface area (Å²) in [6.07, 6.45) is -1.54. The van der Waals surface area contributed by atoms with Crippen LogP contribution in [0.4, 0.5) is 8.78 Å². The van der Waals surface area contributed by atoms with Gasteiger partial charge in [-0.2, -0.15) is 0 Å². The lowest BCUT2D eigenvalue weighted by atomic mass is 9.90. The van der Waals surface area contributed by atoms with E-state index >= 15 is 0 Å². The molecule has 12 heteroatoms. The van der Waals surface area contributed by atoms with Crippen LogP contribution in [-0.4, -0.2) is 88.1 Å². The number of halogens is 3. The number of nitrogens with zero attached hydrogens (tertiary/aromatic N) is 1. The van der Waals surface area contributed by atoms with Gasteiger partial charge in [0, 0.05) is 35.8 Å². The van der Waals surface area contributed by atoms with Gasteiger partial charge in [-0.3, -0.25) is 4.90 Å². The van der Waals surface area contributed by atoms with E-state index in [0.29, 0.717) is 36.6 Å². The van der Waals surface area contributed by atoms with Gasteiger partial charge in [0.05, 0.1) is 6.61 Å². The number of benzene rings is 3. The molecule has 0 saturated carbocycles. The molecule has 0 radical (unpaired) electrons. The molecule has 3 fully saturated rings. The van der Waals surface area contributed by atoms with Crippen molar-refractivity contribution in [3.8, 4) is 5.75 Å². The maximum atomic E-state index is 14.3. The van der Waals surface area contributed by atoms with Crippen LogP contribution in [0.3, 0.4) is 0 Å². The number of likely N-dealkylation sites (tertiary alicyclic amines) is 1. The molecule has 0 unspecified atom stereocenters. The van der Waals surface area contributed by atoms with E-state index in [1.165, 1.54) is 11.8 Å². The summed E-state index contributed by atoms with van der Waals surface area (Å²) in [5.41, 5.74) is 9.28. The van der Waals surface area contributed by atoms with Gasteiger partial charge in [0.15, 0.2) is 0 Å². The highest BCUT2D eigenvalue weighted by atomic mass is 35.5. The Morgan fingerprint density at radius 1 is 1.00 bits per heavy atom. The second kappa shape index (κ2) is 14.7. The number of aliphatic hydroxyl groups is 3. The second-order valence-corrected chi connectivity index (χ2v) is 14.1. The summed E-state index contributed by atoms with van der Waals surface area (Å²) in [6.45, 7) is 3.79. The predicted octanol–water partition coefficient (Wildman–Crippen LogP) is 4.67. The Morgan fingerprint density at radius 2 is 1.77 bits per heavy atom. The van der Waals surface area contributed by atoms with Crippen molar-refractivity contribution in [3.05, 3.63) is 99.1 Å². The van der Waals surface area contributed by atoms with Crippen molar-refractivity contribution in [1.29, 1.82) is 0 Å². The molecular formula is C35H41ClF2N2O6S. The van der Waals surface area contributed by atoms with Crippen molar-refractivity contribution >= 4 is 23.4 Å². The Hall–Kier alpha value is -2.32. The first-order valence-electron chi connectivity index (χ1n) is 15.9. The molecule has 0 amide bonds. The van der Waals surface area contributed by atoms with Crippen molar-refractivity contribution in [2.24, 2.45) is 5.73 Å². The van der Waals surface area contributed by atoms with Crippen molar-refractivity contribution < 1.29 is 38.3 Å².